The molecular weight excluding hydrogens is 234 g/mol. The molecule has 86 valence electrons. The summed E-state index contributed by atoms with van der Waals surface area (Å²) in [6, 6.07) is -2.12. The van der Waals surface area contributed by atoms with Gasteiger partial charge in [0.15, 0.2) is 9.68 Å². The number of alkyl halides is 2. The standard InChI is InChI=1S/C7H22F2N2Si3/c1-13(2,3)10-11(12-7(8)9)14(4,5)6/h7,10H,12H2,1-6H3. The maximum atomic E-state index is 12.4. The Labute approximate surface area is 90.1 Å². The van der Waals surface area contributed by atoms with Crippen molar-refractivity contribution in [3.8, 4) is 0 Å². The molecule has 0 aliphatic rings. The van der Waals surface area contributed by atoms with Crippen molar-refractivity contribution in [3.05, 3.63) is 0 Å². The van der Waals surface area contributed by atoms with Crippen LogP contribution in [0.15, 0.2) is 0 Å². The van der Waals surface area contributed by atoms with Crippen molar-refractivity contribution in [2.24, 2.45) is 0 Å². The first-order valence-corrected chi connectivity index (χ1v) is 13.3. The molecule has 0 spiro atoms. The van der Waals surface area contributed by atoms with Gasteiger partial charge >= 0.3 is 0 Å². The molecule has 0 heterocycles. The fraction of sp³-hybridized carbons (Fsp3) is 1.00. The SMILES string of the molecule is C[Si](C)(C)NN([SiH2]C(F)F)[Si](C)(C)C. The molecule has 0 bridgehead atoms. The predicted octanol–water partition coefficient (Wildman–Crippen LogP) is 1.77. The summed E-state index contributed by atoms with van der Waals surface area (Å²) in [6.07, 6.45) is 0. The summed E-state index contributed by atoms with van der Waals surface area (Å²) in [5.74, 6) is 0. The van der Waals surface area contributed by atoms with Crippen LogP contribution in [-0.4, -0.2) is 36.5 Å². The topological polar surface area (TPSA) is 15.3 Å². The molecule has 14 heavy (non-hydrogen) atoms. The van der Waals surface area contributed by atoms with Crippen molar-refractivity contribution >= 4 is 26.2 Å². The Morgan fingerprint density at radius 3 is 1.71 bits per heavy atom. The zero-order valence-electron chi connectivity index (χ0n) is 9.99. The van der Waals surface area contributed by atoms with E-state index in [0.29, 0.717) is 0 Å². The van der Waals surface area contributed by atoms with Gasteiger partial charge in [0, 0.05) is 0 Å². The molecule has 2 nitrogen and oxygen atoms in total. The first-order chi connectivity index (χ1) is 6.02. The van der Waals surface area contributed by atoms with Gasteiger partial charge in [-0.05, 0) is 0 Å². The van der Waals surface area contributed by atoms with Gasteiger partial charge < -0.3 is 0 Å². The summed E-state index contributed by atoms with van der Waals surface area (Å²) in [6.45, 7) is 12.7. The number of halogens is 2. The van der Waals surface area contributed by atoms with E-state index in [2.05, 4.69) is 44.4 Å². The van der Waals surface area contributed by atoms with E-state index in [1.54, 1.807) is 0 Å². The summed E-state index contributed by atoms with van der Waals surface area (Å²) in [4.78, 5) is 0. The zero-order valence-corrected chi connectivity index (χ0v) is 13.4. The number of hydrazine groups is 1. The van der Waals surface area contributed by atoms with Crippen LogP contribution in [0.3, 0.4) is 0 Å². The highest BCUT2D eigenvalue weighted by Gasteiger charge is 2.30. The smallest absolute Gasteiger partial charge is 0.230 e. The first-order valence-electron chi connectivity index (χ1n) is 4.86. The van der Waals surface area contributed by atoms with Crippen LogP contribution >= 0.6 is 0 Å². The maximum Gasteiger partial charge on any atom is 0.230 e. The van der Waals surface area contributed by atoms with E-state index in [9.17, 15) is 8.78 Å². The van der Waals surface area contributed by atoms with Crippen LogP contribution in [0.25, 0.3) is 0 Å². The van der Waals surface area contributed by atoms with Gasteiger partial charge in [0.25, 0.3) is 0 Å². The monoisotopic (exact) mass is 256 g/mol. The number of rotatable bonds is 5. The molecule has 0 aliphatic carbocycles. The van der Waals surface area contributed by atoms with Crippen LogP contribution in [0, 0.1) is 0 Å². The molecule has 0 saturated carbocycles. The van der Waals surface area contributed by atoms with E-state index in [-0.39, 0.29) is 0 Å². The van der Waals surface area contributed by atoms with Crippen molar-refractivity contribution < 1.29 is 8.78 Å². The fourth-order valence-corrected chi connectivity index (χ4v) is 8.86. The quantitative estimate of drug-likeness (QED) is 0.596. The summed E-state index contributed by atoms with van der Waals surface area (Å²) in [5.41, 5.74) is 0. The molecular formula is C7H22F2N2Si3. The second-order valence-corrected chi connectivity index (χ2v) is 17.4. The Kier molecular flexibility index (Phi) is 5.12. The molecule has 0 fully saturated rings. The van der Waals surface area contributed by atoms with Crippen molar-refractivity contribution in [2.45, 2.75) is 45.3 Å². The number of hydrogen-bond donors (Lipinski definition) is 1. The lowest BCUT2D eigenvalue weighted by Crippen LogP contribution is -2.64. The van der Waals surface area contributed by atoms with Crippen LogP contribution in [0.2, 0.25) is 39.3 Å². The van der Waals surface area contributed by atoms with Gasteiger partial charge in [-0.1, -0.05) is 39.3 Å². The van der Waals surface area contributed by atoms with Gasteiger partial charge in [0.2, 0.25) is 6.05 Å². The van der Waals surface area contributed by atoms with E-state index in [0.717, 1.165) is 0 Å². The Hall–Kier alpha value is 0.431. The van der Waals surface area contributed by atoms with Crippen molar-refractivity contribution in [1.82, 2.24) is 9.43 Å². The Balaban J connectivity index is 4.42. The number of nitrogens with one attached hydrogen (secondary N) is 1. The van der Waals surface area contributed by atoms with Gasteiger partial charge in [0.1, 0.15) is 16.5 Å². The minimum absolute atomic E-state index is 1.44. The first kappa shape index (κ1) is 14.4. The Bertz CT molecular complexity index is 177. The van der Waals surface area contributed by atoms with E-state index >= 15 is 0 Å². The Morgan fingerprint density at radius 1 is 1.07 bits per heavy atom. The minimum atomic E-state index is -2.12. The van der Waals surface area contributed by atoms with Gasteiger partial charge in [-0.15, -0.1) is 0 Å². The molecule has 0 unspecified atom stereocenters. The van der Waals surface area contributed by atoms with Gasteiger partial charge in [-0.2, -0.15) is 0 Å². The predicted molar refractivity (Wildman–Crippen MR) is 66.2 cm³/mol. The number of nitrogens with zero attached hydrogens (tertiary/aromatic N) is 1. The molecule has 0 aromatic rings. The average molecular weight is 257 g/mol. The largest absolute Gasteiger partial charge is 0.291 e. The lowest BCUT2D eigenvalue weighted by molar-refractivity contribution is 0.228. The third-order valence-corrected chi connectivity index (χ3v) is 9.01. The van der Waals surface area contributed by atoms with Crippen molar-refractivity contribution in [3.63, 3.8) is 0 Å². The third-order valence-electron chi connectivity index (χ3n) is 1.60. The highest BCUT2D eigenvalue weighted by Crippen LogP contribution is 2.10. The number of hydrogen-bond acceptors (Lipinski definition) is 2. The molecule has 0 saturated heterocycles. The lowest BCUT2D eigenvalue weighted by Gasteiger charge is -2.39. The van der Waals surface area contributed by atoms with Crippen LogP contribution in [0.4, 0.5) is 8.78 Å². The van der Waals surface area contributed by atoms with Gasteiger partial charge in [-0.25, -0.2) is 8.78 Å². The second-order valence-electron chi connectivity index (χ2n) is 5.53. The van der Waals surface area contributed by atoms with Crippen molar-refractivity contribution in [2.75, 3.05) is 0 Å². The molecule has 0 radical (unpaired) electrons. The highest BCUT2D eigenvalue weighted by atomic mass is 28.4. The summed E-state index contributed by atoms with van der Waals surface area (Å²) in [5, 5.41) is 3.34. The van der Waals surface area contributed by atoms with E-state index < -0.39 is 32.2 Å². The fourth-order valence-electron chi connectivity index (χ4n) is 1.03. The maximum absolute atomic E-state index is 12.4. The molecule has 0 aromatic heterocycles. The van der Waals surface area contributed by atoms with Crippen molar-refractivity contribution in [1.29, 1.82) is 0 Å². The van der Waals surface area contributed by atoms with Crippen LogP contribution in [0.1, 0.15) is 0 Å². The normalized spacial score (nSPS) is 15.0. The molecule has 0 aromatic carbocycles. The summed E-state index contributed by atoms with van der Waals surface area (Å²) in [7, 11) is -4.54. The summed E-state index contributed by atoms with van der Waals surface area (Å²) >= 11 is 0. The molecule has 0 amide bonds. The van der Waals surface area contributed by atoms with Gasteiger partial charge in [-0.3, -0.25) is 9.43 Å². The van der Waals surface area contributed by atoms with E-state index in [1.807, 2.05) is 4.34 Å². The lowest BCUT2D eigenvalue weighted by atomic mass is 11.7. The van der Waals surface area contributed by atoms with Crippen LogP contribution in [0.5, 0.6) is 0 Å². The molecule has 0 atom stereocenters. The Morgan fingerprint density at radius 2 is 1.50 bits per heavy atom. The highest BCUT2D eigenvalue weighted by molar-refractivity contribution is 6.81. The molecule has 0 rings (SSSR count). The third kappa shape index (κ3) is 6.82. The zero-order chi connectivity index (χ0) is 11.6. The van der Waals surface area contributed by atoms with E-state index in [4.69, 9.17) is 0 Å². The molecule has 1 N–H and O–H groups in total. The van der Waals surface area contributed by atoms with Gasteiger partial charge in [0.05, 0.1) is 0 Å². The second kappa shape index (κ2) is 4.97. The molecule has 0 aliphatic heterocycles. The van der Waals surface area contributed by atoms with Crippen LogP contribution in [-0.2, 0) is 0 Å². The minimum Gasteiger partial charge on any atom is -0.291 e. The van der Waals surface area contributed by atoms with Crippen LogP contribution < -0.4 is 5.09 Å². The summed E-state index contributed by atoms with van der Waals surface area (Å²) < 4.78 is 26.8. The molecule has 7 heteroatoms. The van der Waals surface area contributed by atoms with E-state index in [1.165, 1.54) is 0 Å². The average Bonchev–Trinajstić information content (AvgIpc) is 1.78.